The lowest BCUT2D eigenvalue weighted by molar-refractivity contribution is 0.263. The van der Waals surface area contributed by atoms with Crippen LogP contribution in [0.3, 0.4) is 0 Å². The second-order valence-corrected chi connectivity index (χ2v) is 4.33. The summed E-state index contributed by atoms with van der Waals surface area (Å²) in [6, 6.07) is 1.82. The number of aliphatic hydroxyl groups is 2. The van der Waals surface area contributed by atoms with E-state index in [-0.39, 0.29) is 13.2 Å². The van der Waals surface area contributed by atoms with Crippen LogP contribution in [0.1, 0.15) is 10.4 Å². The molecule has 1 aromatic heterocycles. The molecule has 4 heteroatoms. The van der Waals surface area contributed by atoms with E-state index >= 15 is 0 Å². The van der Waals surface area contributed by atoms with E-state index in [2.05, 4.69) is 15.9 Å². The lowest BCUT2D eigenvalue weighted by atomic mass is 10.3. The highest BCUT2D eigenvalue weighted by molar-refractivity contribution is 9.11. The summed E-state index contributed by atoms with van der Waals surface area (Å²) >= 11 is 4.71. The predicted molar refractivity (Wildman–Crippen MR) is 43.9 cm³/mol. The zero-order valence-electron chi connectivity index (χ0n) is 5.17. The first-order chi connectivity index (χ1) is 4.77. The fourth-order valence-corrected chi connectivity index (χ4v) is 2.32. The van der Waals surface area contributed by atoms with E-state index in [0.717, 1.165) is 14.2 Å². The largest absolute Gasteiger partial charge is 0.392 e. The fourth-order valence-electron chi connectivity index (χ4n) is 0.698. The van der Waals surface area contributed by atoms with Crippen molar-refractivity contribution in [2.24, 2.45) is 0 Å². The molecule has 0 spiro atoms. The van der Waals surface area contributed by atoms with Crippen molar-refractivity contribution in [1.82, 2.24) is 0 Å². The lowest BCUT2D eigenvalue weighted by Crippen LogP contribution is -1.85. The number of rotatable bonds is 2. The molecular formula is C6H7BrO2S. The maximum absolute atomic E-state index is 8.74. The minimum Gasteiger partial charge on any atom is -0.392 e. The first-order valence-corrected chi connectivity index (χ1v) is 4.37. The molecule has 10 heavy (non-hydrogen) atoms. The average molecular weight is 223 g/mol. The Balaban J connectivity index is 2.96. The first kappa shape index (κ1) is 8.20. The molecule has 1 rings (SSSR count). The third-order valence-electron chi connectivity index (χ3n) is 1.18. The van der Waals surface area contributed by atoms with Crippen LogP contribution in [-0.2, 0) is 13.2 Å². The number of hydrogen-bond acceptors (Lipinski definition) is 3. The summed E-state index contributed by atoms with van der Waals surface area (Å²) in [6.45, 7) is 0.00412. The van der Waals surface area contributed by atoms with Gasteiger partial charge in [0.2, 0.25) is 0 Å². The summed E-state index contributed by atoms with van der Waals surface area (Å²) in [5, 5.41) is 17.5. The normalized spacial score (nSPS) is 10.3. The minimum absolute atomic E-state index is 0.00199. The standard InChI is InChI=1S/C6H7BrO2S/c7-6-1-4(2-8)5(3-9)10-6/h1,8-9H,2-3H2. The molecule has 1 aromatic rings. The Hall–Kier alpha value is 0.1000. The van der Waals surface area contributed by atoms with E-state index in [4.69, 9.17) is 10.2 Å². The van der Waals surface area contributed by atoms with Gasteiger partial charge in [-0.3, -0.25) is 0 Å². The number of hydrogen-bond donors (Lipinski definition) is 2. The molecule has 0 aromatic carbocycles. The topological polar surface area (TPSA) is 40.5 Å². The molecule has 0 saturated carbocycles. The summed E-state index contributed by atoms with van der Waals surface area (Å²) in [6.07, 6.45) is 0. The summed E-state index contributed by atoms with van der Waals surface area (Å²) in [5.41, 5.74) is 0.805. The third kappa shape index (κ3) is 1.58. The maximum atomic E-state index is 8.74. The van der Waals surface area contributed by atoms with Crippen molar-refractivity contribution in [3.8, 4) is 0 Å². The number of aliphatic hydroxyl groups excluding tert-OH is 2. The molecule has 0 bridgehead atoms. The highest BCUT2D eigenvalue weighted by atomic mass is 79.9. The van der Waals surface area contributed by atoms with Gasteiger partial charge in [-0.05, 0) is 27.6 Å². The average Bonchev–Trinajstić information content (AvgIpc) is 2.30. The monoisotopic (exact) mass is 222 g/mol. The van der Waals surface area contributed by atoms with Gasteiger partial charge in [0.1, 0.15) is 0 Å². The van der Waals surface area contributed by atoms with Crippen LogP contribution >= 0.6 is 27.3 Å². The molecule has 0 saturated heterocycles. The van der Waals surface area contributed by atoms with Crippen molar-refractivity contribution >= 4 is 27.3 Å². The zero-order chi connectivity index (χ0) is 7.56. The second-order valence-electron chi connectivity index (χ2n) is 1.82. The van der Waals surface area contributed by atoms with E-state index in [1.807, 2.05) is 6.07 Å². The maximum Gasteiger partial charge on any atom is 0.0778 e. The molecule has 2 N–H and O–H groups in total. The molecule has 0 atom stereocenters. The smallest absolute Gasteiger partial charge is 0.0778 e. The highest BCUT2D eigenvalue weighted by Crippen LogP contribution is 2.26. The Kier molecular flexibility index (Phi) is 2.85. The number of halogens is 1. The van der Waals surface area contributed by atoms with Gasteiger partial charge in [-0.15, -0.1) is 11.3 Å². The zero-order valence-corrected chi connectivity index (χ0v) is 7.57. The van der Waals surface area contributed by atoms with Crippen molar-refractivity contribution in [1.29, 1.82) is 0 Å². The minimum atomic E-state index is -0.00199. The van der Waals surface area contributed by atoms with Crippen LogP contribution in [0.15, 0.2) is 9.85 Å². The third-order valence-corrected chi connectivity index (χ3v) is 2.85. The van der Waals surface area contributed by atoms with Crippen LogP contribution in [0.25, 0.3) is 0 Å². The molecule has 0 aliphatic rings. The Bertz CT molecular complexity index is 200. The molecule has 0 aliphatic heterocycles. The fraction of sp³-hybridized carbons (Fsp3) is 0.333. The summed E-state index contributed by atoms with van der Waals surface area (Å²) in [5.74, 6) is 0. The van der Waals surface area contributed by atoms with Gasteiger partial charge in [0, 0.05) is 4.88 Å². The van der Waals surface area contributed by atoms with Crippen molar-refractivity contribution in [3.05, 3.63) is 20.3 Å². The van der Waals surface area contributed by atoms with Crippen LogP contribution in [-0.4, -0.2) is 10.2 Å². The Morgan fingerprint density at radius 2 is 2.10 bits per heavy atom. The Morgan fingerprint density at radius 1 is 1.40 bits per heavy atom. The summed E-state index contributed by atoms with van der Waals surface area (Å²) in [4.78, 5) is 0.828. The van der Waals surface area contributed by atoms with Gasteiger partial charge in [0.05, 0.1) is 17.0 Å². The molecule has 0 unspecified atom stereocenters. The van der Waals surface area contributed by atoms with Gasteiger partial charge in [-0.25, -0.2) is 0 Å². The van der Waals surface area contributed by atoms with Gasteiger partial charge in [-0.2, -0.15) is 0 Å². The number of thiophene rings is 1. The quantitative estimate of drug-likeness (QED) is 0.797. The van der Waals surface area contributed by atoms with E-state index in [1.165, 1.54) is 11.3 Å². The lowest BCUT2D eigenvalue weighted by Gasteiger charge is -1.91. The van der Waals surface area contributed by atoms with Crippen molar-refractivity contribution in [3.63, 3.8) is 0 Å². The van der Waals surface area contributed by atoms with Crippen LogP contribution in [0.5, 0.6) is 0 Å². The van der Waals surface area contributed by atoms with Crippen LogP contribution < -0.4 is 0 Å². The molecule has 0 radical (unpaired) electrons. The molecule has 0 fully saturated rings. The van der Waals surface area contributed by atoms with Crippen LogP contribution in [0.2, 0.25) is 0 Å². The highest BCUT2D eigenvalue weighted by Gasteiger charge is 2.04. The van der Waals surface area contributed by atoms with E-state index < -0.39 is 0 Å². The van der Waals surface area contributed by atoms with Crippen molar-refractivity contribution in [2.45, 2.75) is 13.2 Å². The van der Waals surface area contributed by atoms with E-state index in [0.29, 0.717) is 0 Å². The van der Waals surface area contributed by atoms with E-state index in [1.54, 1.807) is 0 Å². The SMILES string of the molecule is OCc1cc(Br)sc1CO. The molecule has 1 heterocycles. The van der Waals surface area contributed by atoms with E-state index in [9.17, 15) is 0 Å². The first-order valence-electron chi connectivity index (χ1n) is 2.76. The van der Waals surface area contributed by atoms with Gasteiger partial charge < -0.3 is 10.2 Å². The summed E-state index contributed by atoms with van der Waals surface area (Å²) < 4.78 is 0.945. The second kappa shape index (κ2) is 3.48. The Morgan fingerprint density at radius 3 is 2.50 bits per heavy atom. The molecule has 0 amide bonds. The van der Waals surface area contributed by atoms with Crippen molar-refractivity contribution in [2.75, 3.05) is 0 Å². The summed E-state index contributed by atoms with van der Waals surface area (Å²) in [7, 11) is 0. The van der Waals surface area contributed by atoms with Crippen LogP contribution in [0, 0.1) is 0 Å². The van der Waals surface area contributed by atoms with Gasteiger partial charge in [0.25, 0.3) is 0 Å². The molecule has 0 aliphatic carbocycles. The van der Waals surface area contributed by atoms with Gasteiger partial charge in [-0.1, -0.05) is 0 Å². The molecule has 56 valence electrons. The molecule has 2 nitrogen and oxygen atoms in total. The van der Waals surface area contributed by atoms with Gasteiger partial charge >= 0.3 is 0 Å². The van der Waals surface area contributed by atoms with Gasteiger partial charge in [0.15, 0.2) is 0 Å². The van der Waals surface area contributed by atoms with Crippen LogP contribution in [0.4, 0.5) is 0 Å². The van der Waals surface area contributed by atoms with Crippen molar-refractivity contribution < 1.29 is 10.2 Å². The Labute approximate surface area is 71.3 Å². The predicted octanol–water partition coefficient (Wildman–Crippen LogP) is 1.50. The molecular weight excluding hydrogens is 216 g/mol.